The van der Waals surface area contributed by atoms with Crippen molar-refractivity contribution in [2.45, 2.75) is 13.8 Å². The molecule has 6 heteroatoms. The van der Waals surface area contributed by atoms with Gasteiger partial charge in [0, 0.05) is 12.6 Å². The normalized spacial score (nSPS) is 10.2. The number of ketones is 1. The monoisotopic (exact) mass is 371 g/mol. The first kappa shape index (κ1) is 20.3. The van der Waals surface area contributed by atoms with E-state index in [1.54, 1.807) is 30.1 Å². The molecule has 27 heavy (non-hydrogen) atoms. The van der Waals surface area contributed by atoms with Gasteiger partial charge >= 0.3 is 0 Å². The number of hydrogen-bond donors (Lipinski definition) is 0. The SMILES string of the molecule is COc1cc(C(C)=O)ccc1OCC(=O)N(C)CCOc1ccc(C)cc1. The van der Waals surface area contributed by atoms with E-state index in [1.165, 1.54) is 19.6 Å². The van der Waals surface area contributed by atoms with Crippen molar-refractivity contribution in [1.82, 2.24) is 4.90 Å². The average molecular weight is 371 g/mol. The number of carbonyl (C=O) groups is 2. The zero-order chi connectivity index (χ0) is 19.8. The standard InChI is InChI=1S/C21H25NO5/c1-15-5-8-18(9-6-15)26-12-11-22(3)21(24)14-27-19-10-7-17(16(2)23)13-20(19)25-4/h5-10,13H,11-12,14H2,1-4H3. The number of ether oxygens (including phenoxy) is 3. The summed E-state index contributed by atoms with van der Waals surface area (Å²) in [7, 11) is 3.18. The number of rotatable bonds is 9. The number of hydrogen-bond acceptors (Lipinski definition) is 5. The summed E-state index contributed by atoms with van der Waals surface area (Å²) in [5, 5.41) is 0. The Morgan fingerprint density at radius 2 is 1.70 bits per heavy atom. The van der Waals surface area contributed by atoms with Gasteiger partial charge in [-0.25, -0.2) is 0 Å². The second-order valence-corrected chi connectivity index (χ2v) is 6.19. The molecule has 0 heterocycles. The zero-order valence-corrected chi connectivity index (χ0v) is 16.2. The average Bonchev–Trinajstić information content (AvgIpc) is 2.67. The van der Waals surface area contributed by atoms with E-state index in [0.717, 1.165) is 5.75 Å². The van der Waals surface area contributed by atoms with E-state index in [4.69, 9.17) is 14.2 Å². The van der Waals surface area contributed by atoms with Crippen LogP contribution in [0.5, 0.6) is 17.2 Å². The molecule has 0 aliphatic rings. The first-order valence-electron chi connectivity index (χ1n) is 8.66. The van der Waals surface area contributed by atoms with Gasteiger partial charge in [0.25, 0.3) is 5.91 Å². The Balaban J connectivity index is 1.82. The van der Waals surface area contributed by atoms with E-state index in [-0.39, 0.29) is 18.3 Å². The topological polar surface area (TPSA) is 65.1 Å². The Kier molecular flexibility index (Phi) is 7.23. The van der Waals surface area contributed by atoms with Crippen molar-refractivity contribution in [1.29, 1.82) is 0 Å². The number of aryl methyl sites for hydroxylation is 1. The molecule has 0 unspecified atom stereocenters. The molecule has 0 aromatic heterocycles. The van der Waals surface area contributed by atoms with Gasteiger partial charge in [-0.15, -0.1) is 0 Å². The number of nitrogens with zero attached hydrogens (tertiary/aromatic N) is 1. The van der Waals surface area contributed by atoms with E-state index in [2.05, 4.69) is 0 Å². The summed E-state index contributed by atoms with van der Waals surface area (Å²) >= 11 is 0. The Hall–Kier alpha value is -3.02. The molecule has 2 rings (SSSR count). The lowest BCUT2D eigenvalue weighted by Crippen LogP contribution is -2.34. The Morgan fingerprint density at radius 1 is 1.00 bits per heavy atom. The van der Waals surface area contributed by atoms with Gasteiger partial charge in [-0.3, -0.25) is 9.59 Å². The first-order valence-corrected chi connectivity index (χ1v) is 8.66. The van der Waals surface area contributed by atoms with Crippen molar-refractivity contribution in [2.75, 3.05) is 33.9 Å². The minimum Gasteiger partial charge on any atom is -0.493 e. The van der Waals surface area contributed by atoms with Crippen LogP contribution in [0.4, 0.5) is 0 Å². The second-order valence-electron chi connectivity index (χ2n) is 6.19. The first-order chi connectivity index (χ1) is 12.9. The van der Waals surface area contributed by atoms with Crippen LogP contribution in [0.25, 0.3) is 0 Å². The van der Waals surface area contributed by atoms with Gasteiger partial charge in [0.1, 0.15) is 12.4 Å². The molecule has 0 N–H and O–H groups in total. The molecule has 0 saturated heterocycles. The third-order valence-electron chi connectivity index (χ3n) is 4.06. The summed E-state index contributed by atoms with van der Waals surface area (Å²) in [6, 6.07) is 12.6. The van der Waals surface area contributed by atoms with Crippen LogP contribution >= 0.6 is 0 Å². The smallest absolute Gasteiger partial charge is 0.260 e. The number of methoxy groups -OCH3 is 1. The van der Waals surface area contributed by atoms with Crippen LogP contribution in [0.2, 0.25) is 0 Å². The number of likely N-dealkylation sites (N-methyl/N-ethyl adjacent to an activating group) is 1. The summed E-state index contributed by atoms with van der Waals surface area (Å²) in [5.41, 5.74) is 1.69. The van der Waals surface area contributed by atoms with Crippen molar-refractivity contribution >= 4 is 11.7 Å². The van der Waals surface area contributed by atoms with Crippen molar-refractivity contribution in [2.24, 2.45) is 0 Å². The third-order valence-corrected chi connectivity index (χ3v) is 4.06. The van der Waals surface area contributed by atoms with Crippen molar-refractivity contribution in [3.63, 3.8) is 0 Å². The third kappa shape index (κ3) is 6.02. The quantitative estimate of drug-likeness (QED) is 0.634. The summed E-state index contributed by atoms with van der Waals surface area (Å²) < 4.78 is 16.4. The van der Waals surface area contributed by atoms with Crippen LogP contribution in [-0.2, 0) is 4.79 Å². The van der Waals surface area contributed by atoms with Crippen LogP contribution in [0.3, 0.4) is 0 Å². The highest BCUT2D eigenvalue weighted by Gasteiger charge is 2.13. The van der Waals surface area contributed by atoms with E-state index in [9.17, 15) is 9.59 Å². The maximum Gasteiger partial charge on any atom is 0.260 e. The number of amides is 1. The summed E-state index contributed by atoms with van der Waals surface area (Å²) in [5.74, 6) is 1.36. The molecular weight excluding hydrogens is 346 g/mol. The van der Waals surface area contributed by atoms with Gasteiger partial charge in [0.15, 0.2) is 23.9 Å². The van der Waals surface area contributed by atoms with Crippen molar-refractivity contribution in [3.8, 4) is 17.2 Å². The second kappa shape index (κ2) is 9.62. The molecule has 0 bridgehead atoms. The van der Waals surface area contributed by atoms with E-state index < -0.39 is 0 Å². The van der Waals surface area contributed by atoms with Crippen LogP contribution in [0, 0.1) is 6.92 Å². The molecule has 0 fully saturated rings. The number of benzene rings is 2. The van der Waals surface area contributed by atoms with Crippen LogP contribution in [0.1, 0.15) is 22.8 Å². The van der Waals surface area contributed by atoms with E-state index in [1.807, 2.05) is 31.2 Å². The maximum atomic E-state index is 12.2. The van der Waals surface area contributed by atoms with E-state index >= 15 is 0 Å². The lowest BCUT2D eigenvalue weighted by Gasteiger charge is -2.18. The fraction of sp³-hybridized carbons (Fsp3) is 0.333. The predicted octanol–water partition coefficient (Wildman–Crippen LogP) is 3.12. The molecule has 6 nitrogen and oxygen atoms in total. The predicted molar refractivity (Wildman–Crippen MR) is 103 cm³/mol. The van der Waals surface area contributed by atoms with Crippen LogP contribution in [-0.4, -0.2) is 50.5 Å². The molecule has 2 aromatic rings. The Bertz CT molecular complexity index is 786. The Labute approximate surface area is 159 Å². The lowest BCUT2D eigenvalue weighted by molar-refractivity contribution is -0.132. The fourth-order valence-corrected chi connectivity index (χ4v) is 2.32. The van der Waals surface area contributed by atoms with Crippen LogP contribution < -0.4 is 14.2 Å². The van der Waals surface area contributed by atoms with Crippen molar-refractivity contribution < 1.29 is 23.8 Å². The lowest BCUT2D eigenvalue weighted by atomic mass is 10.1. The molecular formula is C21H25NO5. The van der Waals surface area contributed by atoms with Crippen molar-refractivity contribution in [3.05, 3.63) is 53.6 Å². The van der Waals surface area contributed by atoms with Crippen LogP contribution in [0.15, 0.2) is 42.5 Å². The summed E-state index contributed by atoms with van der Waals surface area (Å²) in [6.45, 7) is 4.20. The molecule has 0 aliphatic carbocycles. The van der Waals surface area contributed by atoms with Gasteiger partial charge in [0.2, 0.25) is 0 Å². The highest BCUT2D eigenvalue weighted by Crippen LogP contribution is 2.28. The molecule has 2 aromatic carbocycles. The number of carbonyl (C=O) groups excluding carboxylic acids is 2. The number of Topliss-reactive ketones (excluding diaryl/α,β-unsaturated/α-hetero) is 1. The Morgan fingerprint density at radius 3 is 2.33 bits per heavy atom. The molecule has 0 aliphatic heterocycles. The maximum absolute atomic E-state index is 12.2. The minimum absolute atomic E-state index is 0.0655. The summed E-state index contributed by atoms with van der Waals surface area (Å²) in [6.07, 6.45) is 0. The molecule has 0 spiro atoms. The van der Waals surface area contributed by atoms with Gasteiger partial charge in [0.05, 0.1) is 13.7 Å². The minimum atomic E-state index is -0.180. The highest BCUT2D eigenvalue weighted by molar-refractivity contribution is 5.94. The molecule has 0 saturated carbocycles. The highest BCUT2D eigenvalue weighted by atomic mass is 16.5. The zero-order valence-electron chi connectivity index (χ0n) is 16.2. The largest absolute Gasteiger partial charge is 0.493 e. The summed E-state index contributed by atoms with van der Waals surface area (Å²) in [4.78, 5) is 25.2. The molecule has 1 amide bonds. The van der Waals surface area contributed by atoms with Gasteiger partial charge < -0.3 is 19.1 Å². The van der Waals surface area contributed by atoms with Gasteiger partial charge in [-0.1, -0.05) is 17.7 Å². The molecule has 0 radical (unpaired) electrons. The molecule has 0 atom stereocenters. The molecule has 144 valence electrons. The fourth-order valence-electron chi connectivity index (χ4n) is 2.32. The van der Waals surface area contributed by atoms with E-state index in [0.29, 0.717) is 30.2 Å². The van der Waals surface area contributed by atoms with Gasteiger partial charge in [-0.2, -0.15) is 0 Å². The van der Waals surface area contributed by atoms with Gasteiger partial charge in [-0.05, 0) is 44.2 Å².